The number of hydrogen-bond acceptors (Lipinski definition) is 2. The van der Waals surface area contributed by atoms with Crippen LogP contribution in [0.2, 0.25) is 5.02 Å². The van der Waals surface area contributed by atoms with Gasteiger partial charge in [0.25, 0.3) is 5.91 Å². The highest BCUT2D eigenvalue weighted by Crippen LogP contribution is 2.30. The molecule has 2 aromatic carbocycles. The third-order valence-corrected chi connectivity index (χ3v) is 5.18. The number of aryl methyl sites for hydroxylation is 1. The Morgan fingerprint density at radius 1 is 1.12 bits per heavy atom. The van der Waals surface area contributed by atoms with Crippen molar-refractivity contribution in [2.75, 3.05) is 16.8 Å². The molecule has 1 fully saturated rings. The van der Waals surface area contributed by atoms with E-state index in [1.807, 2.05) is 31.2 Å². The Bertz CT molecular complexity index is 831. The Morgan fingerprint density at radius 3 is 2.42 bits per heavy atom. The molecular weight excluding hydrogens is 348 g/mol. The molecule has 1 heterocycles. The van der Waals surface area contributed by atoms with E-state index < -0.39 is 0 Å². The first-order chi connectivity index (χ1) is 12.5. The fraction of sp³-hybridized carbons (Fsp3) is 0.333. The van der Waals surface area contributed by atoms with Gasteiger partial charge >= 0.3 is 0 Å². The van der Waals surface area contributed by atoms with Crippen LogP contribution in [0.4, 0.5) is 11.4 Å². The maximum Gasteiger partial charge on any atom is 0.255 e. The Labute approximate surface area is 159 Å². The summed E-state index contributed by atoms with van der Waals surface area (Å²) in [6.45, 7) is 4.82. The second-order valence-electron chi connectivity index (χ2n) is 6.42. The number of benzene rings is 2. The van der Waals surface area contributed by atoms with E-state index in [0.717, 1.165) is 48.3 Å². The molecule has 0 aromatic heterocycles. The number of amides is 2. The smallest absolute Gasteiger partial charge is 0.255 e. The van der Waals surface area contributed by atoms with E-state index in [9.17, 15) is 9.59 Å². The quantitative estimate of drug-likeness (QED) is 0.818. The highest BCUT2D eigenvalue weighted by atomic mass is 35.5. The van der Waals surface area contributed by atoms with Crippen LogP contribution in [0.5, 0.6) is 0 Å². The molecule has 1 aliphatic heterocycles. The van der Waals surface area contributed by atoms with Gasteiger partial charge in [0.2, 0.25) is 5.91 Å². The number of nitrogens with zero attached hydrogens (tertiary/aromatic N) is 1. The molecule has 0 bridgehead atoms. The molecule has 0 spiro atoms. The van der Waals surface area contributed by atoms with Gasteiger partial charge in [-0.3, -0.25) is 9.59 Å². The highest BCUT2D eigenvalue weighted by Gasteiger charge is 2.22. The molecule has 26 heavy (non-hydrogen) atoms. The van der Waals surface area contributed by atoms with Crippen molar-refractivity contribution in [3.8, 4) is 0 Å². The van der Waals surface area contributed by atoms with Crippen molar-refractivity contribution in [3.63, 3.8) is 0 Å². The van der Waals surface area contributed by atoms with Gasteiger partial charge < -0.3 is 10.2 Å². The molecule has 4 nitrogen and oxygen atoms in total. The highest BCUT2D eigenvalue weighted by molar-refractivity contribution is 6.32. The van der Waals surface area contributed by atoms with Crippen LogP contribution in [0.25, 0.3) is 0 Å². The predicted molar refractivity (Wildman–Crippen MR) is 106 cm³/mol. The van der Waals surface area contributed by atoms with E-state index in [-0.39, 0.29) is 11.8 Å². The lowest BCUT2D eigenvalue weighted by Gasteiger charge is -2.17. The van der Waals surface area contributed by atoms with E-state index in [2.05, 4.69) is 12.2 Å². The molecule has 1 aliphatic rings. The Morgan fingerprint density at radius 2 is 1.85 bits per heavy atom. The summed E-state index contributed by atoms with van der Waals surface area (Å²) in [4.78, 5) is 26.3. The van der Waals surface area contributed by atoms with Gasteiger partial charge in [-0.25, -0.2) is 0 Å². The molecule has 0 aliphatic carbocycles. The summed E-state index contributed by atoms with van der Waals surface area (Å²) >= 11 is 6.31. The molecule has 0 atom stereocenters. The Kier molecular flexibility index (Phi) is 5.62. The van der Waals surface area contributed by atoms with Crippen molar-refractivity contribution in [3.05, 3.63) is 58.1 Å². The average molecular weight is 371 g/mol. The van der Waals surface area contributed by atoms with E-state index >= 15 is 0 Å². The van der Waals surface area contributed by atoms with Crippen molar-refractivity contribution in [1.82, 2.24) is 0 Å². The maximum absolute atomic E-state index is 12.7. The van der Waals surface area contributed by atoms with Gasteiger partial charge in [-0.1, -0.05) is 31.5 Å². The van der Waals surface area contributed by atoms with Gasteiger partial charge in [0.05, 0.1) is 0 Å². The molecule has 5 heteroatoms. The second-order valence-corrected chi connectivity index (χ2v) is 6.82. The number of carbonyl (C=O) groups excluding carboxylic acids is 2. The van der Waals surface area contributed by atoms with Gasteiger partial charge in [-0.2, -0.15) is 0 Å². The lowest BCUT2D eigenvalue weighted by atomic mass is 10.0. The summed E-state index contributed by atoms with van der Waals surface area (Å²) in [6.07, 6.45) is 3.04. The van der Waals surface area contributed by atoms with Crippen LogP contribution < -0.4 is 10.2 Å². The topological polar surface area (TPSA) is 49.4 Å². The summed E-state index contributed by atoms with van der Waals surface area (Å²) in [5.41, 5.74) is 4.24. The molecule has 0 radical (unpaired) electrons. The molecule has 1 N–H and O–H groups in total. The van der Waals surface area contributed by atoms with Gasteiger partial charge in [-0.15, -0.1) is 0 Å². The zero-order chi connectivity index (χ0) is 18.7. The number of anilines is 2. The average Bonchev–Trinajstić information content (AvgIpc) is 3.08. The first-order valence-electron chi connectivity index (χ1n) is 9.07. The molecule has 0 unspecified atom stereocenters. The molecular formula is C21H23ClN2O2. The maximum atomic E-state index is 12.7. The molecule has 2 amide bonds. The number of hydrogen-bond donors (Lipinski definition) is 1. The Balaban J connectivity index is 1.82. The van der Waals surface area contributed by atoms with Crippen LogP contribution in [-0.2, 0) is 17.6 Å². The van der Waals surface area contributed by atoms with Crippen LogP contribution in [0.1, 0.15) is 48.2 Å². The fourth-order valence-electron chi connectivity index (χ4n) is 3.37. The molecule has 3 rings (SSSR count). The largest absolute Gasteiger partial charge is 0.321 e. The summed E-state index contributed by atoms with van der Waals surface area (Å²) in [7, 11) is 0. The van der Waals surface area contributed by atoms with E-state index in [1.54, 1.807) is 17.0 Å². The van der Waals surface area contributed by atoms with Gasteiger partial charge in [-0.05, 0) is 60.7 Å². The van der Waals surface area contributed by atoms with E-state index in [1.165, 1.54) is 0 Å². The van der Waals surface area contributed by atoms with Crippen molar-refractivity contribution in [2.24, 2.45) is 0 Å². The second kappa shape index (κ2) is 7.92. The predicted octanol–water partition coefficient (Wildman–Crippen LogP) is 4.84. The summed E-state index contributed by atoms with van der Waals surface area (Å²) in [5.74, 6) is -0.0303. The van der Waals surface area contributed by atoms with Gasteiger partial charge in [0.1, 0.15) is 0 Å². The minimum Gasteiger partial charge on any atom is -0.321 e. The van der Waals surface area contributed by atoms with Gasteiger partial charge in [0, 0.05) is 34.9 Å². The summed E-state index contributed by atoms with van der Waals surface area (Å²) in [5, 5.41) is 3.70. The minimum atomic E-state index is -0.170. The summed E-state index contributed by atoms with van der Waals surface area (Å²) in [6, 6.07) is 11.0. The molecule has 2 aromatic rings. The lowest BCUT2D eigenvalue weighted by Crippen LogP contribution is -2.23. The molecule has 0 saturated carbocycles. The van der Waals surface area contributed by atoms with Gasteiger partial charge in [0.15, 0.2) is 0 Å². The first kappa shape index (κ1) is 18.5. The zero-order valence-corrected chi connectivity index (χ0v) is 15.9. The monoisotopic (exact) mass is 370 g/mol. The molecule has 136 valence electrons. The van der Waals surface area contributed by atoms with Crippen LogP contribution in [0.15, 0.2) is 36.4 Å². The molecule has 1 saturated heterocycles. The van der Waals surface area contributed by atoms with Crippen LogP contribution in [0, 0.1) is 0 Å². The third-order valence-electron chi connectivity index (χ3n) is 4.83. The van der Waals surface area contributed by atoms with Crippen molar-refractivity contribution in [2.45, 2.75) is 39.5 Å². The van der Waals surface area contributed by atoms with E-state index in [0.29, 0.717) is 17.0 Å². The summed E-state index contributed by atoms with van der Waals surface area (Å²) < 4.78 is 0. The third kappa shape index (κ3) is 3.61. The van der Waals surface area contributed by atoms with Crippen molar-refractivity contribution < 1.29 is 9.59 Å². The minimum absolute atomic E-state index is 0.140. The van der Waals surface area contributed by atoms with Crippen LogP contribution >= 0.6 is 11.6 Å². The van der Waals surface area contributed by atoms with E-state index in [4.69, 9.17) is 11.6 Å². The number of rotatable bonds is 5. The standard InChI is InChI=1S/C21H23ClN2O2/c1-3-14-9-12-18(22)17(4-2)20(14)23-21(26)15-7-10-16(11-8-15)24-13-5-6-19(24)25/h7-12H,3-6,13H2,1-2H3,(H,23,26). The first-order valence-corrected chi connectivity index (χ1v) is 9.45. The Hall–Kier alpha value is -2.33. The van der Waals surface area contributed by atoms with Crippen LogP contribution in [0.3, 0.4) is 0 Å². The van der Waals surface area contributed by atoms with Crippen LogP contribution in [-0.4, -0.2) is 18.4 Å². The fourth-order valence-corrected chi connectivity index (χ4v) is 3.66. The lowest BCUT2D eigenvalue weighted by molar-refractivity contribution is -0.117. The zero-order valence-electron chi connectivity index (χ0n) is 15.1. The SMILES string of the molecule is CCc1ccc(Cl)c(CC)c1NC(=O)c1ccc(N2CCCC2=O)cc1. The number of carbonyl (C=O) groups is 2. The normalized spacial score (nSPS) is 14.0. The van der Waals surface area contributed by atoms with Crippen molar-refractivity contribution >= 4 is 34.8 Å². The van der Waals surface area contributed by atoms with Crippen molar-refractivity contribution in [1.29, 1.82) is 0 Å². The number of halogens is 1. The number of nitrogens with one attached hydrogen (secondary N) is 1.